The molecule has 0 aliphatic heterocycles. The molecular weight excluding hydrogens is 243 g/mol. The van der Waals surface area contributed by atoms with Crippen LogP contribution in [-0.4, -0.2) is 31.5 Å². The number of ether oxygens (including phenoxy) is 1. The van der Waals surface area contributed by atoms with Crippen molar-refractivity contribution in [2.24, 2.45) is 5.92 Å². The fourth-order valence-electron chi connectivity index (χ4n) is 2.57. The van der Waals surface area contributed by atoms with E-state index in [1.54, 1.807) is 0 Å². The summed E-state index contributed by atoms with van der Waals surface area (Å²) in [6.07, 6.45) is 0.278. The molecule has 0 aromatic heterocycles. The van der Waals surface area contributed by atoms with E-state index >= 15 is 0 Å². The van der Waals surface area contributed by atoms with Gasteiger partial charge in [-0.1, -0.05) is 20.3 Å². The average Bonchev–Trinajstić information content (AvgIpc) is 2.34. The lowest BCUT2D eigenvalue weighted by molar-refractivity contribution is -0.211. The van der Waals surface area contributed by atoms with Crippen LogP contribution >= 0.6 is 0 Å². The fourth-order valence-corrected chi connectivity index (χ4v) is 2.57. The predicted octanol–water partition coefficient (Wildman–Crippen LogP) is 3.51. The van der Waals surface area contributed by atoms with Crippen molar-refractivity contribution < 1.29 is 17.9 Å². The zero-order chi connectivity index (χ0) is 13.6. The highest BCUT2D eigenvalue weighted by Crippen LogP contribution is 2.37. The second-order valence-electron chi connectivity index (χ2n) is 5.22. The Morgan fingerprint density at radius 2 is 1.83 bits per heavy atom. The van der Waals surface area contributed by atoms with Gasteiger partial charge in [-0.3, -0.25) is 0 Å². The summed E-state index contributed by atoms with van der Waals surface area (Å²) < 4.78 is 42.1. The van der Waals surface area contributed by atoms with E-state index in [2.05, 4.69) is 12.2 Å². The minimum Gasteiger partial charge on any atom is -0.364 e. The van der Waals surface area contributed by atoms with Crippen molar-refractivity contribution in [1.82, 2.24) is 5.32 Å². The van der Waals surface area contributed by atoms with Gasteiger partial charge in [0, 0.05) is 6.54 Å². The van der Waals surface area contributed by atoms with Crippen molar-refractivity contribution in [2.45, 2.75) is 57.7 Å². The van der Waals surface area contributed by atoms with E-state index in [4.69, 9.17) is 4.74 Å². The number of likely N-dealkylation sites (N-methyl/N-ethyl adjacent to an activating group) is 1. The van der Waals surface area contributed by atoms with Gasteiger partial charge in [0.2, 0.25) is 0 Å². The third kappa shape index (κ3) is 5.14. The molecule has 0 aromatic rings. The molecule has 1 aliphatic carbocycles. The minimum atomic E-state index is -4.24. The molecule has 0 amide bonds. The lowest BCUT2D eigenvalue weighted by atomic mass is 9.77. The summed E-state index contributed by atoms with van der Waals surface area (Å²) in [7, 11) is 0. The average molecular weight is 267 g/mol. The summed E-state index contributed by atoms with van der Waals surface area (Å²) in [5, 5.41) is 3.14. The molecule has 5 heteroatoms. The Labute approximate surface area is 107 Å². The number of rotatable bonds is 6. The quantitative estimate of drug-likeness (QED) is 0.795. The number of nitrogens with one attached hydrogen (secondary N) is 1. The van der Waals surface area contributed by atoms with Crippen LogP contribution in [-0.2, 0) is 4.74 Å². The molecule has 1 fully saturated rings. The first-order valence-corrected chi connectivity index (χ1v) is 6.82. The second-order valence-corrected chi connectivity index (χ2v) is 5.22. The lowest BCUT2D eigenvalue weighted by Crippen LogP contribution is -2.47. The molecular formula is C13H24F3NO. The van der Waals surface area contributed by atoms with E-state index in [0.29, 0.717) is 12.5 Å². The van der Waals surface area contributed by atoms with Crippen molar-refractivity contribution in [3.8, 4) is 0 Å². The van der Waals surface area contributed by atoms with Gasteiger partial charge in [0.25, 0.3) is 0 Å². The first-order valence-electron chi connectivity index (χ1n) is 6.82. The van der Waals surface area contributed by atoms with Gasteiger partial charge in [-0.25, -0.2) is 0 Å². The molecule has 0 spiro atoms. The summed E-state index contributed by atoms with van der Waals surface area (Å²) in [6.45, 7) is 4.24. The Morgan fingerprint density at radius 1 is 1.22 bits per heavy atom. The maximum Gasteiger partial charge on any atom is 0.411 e. The van der Waals surface area contributed by atoms with Crippen LogP contribution in [0.4, 0.5) is 13.2 Å². The zero-order valence-electron chi connectivity index (χ0n) is 11.3. The summed E-state index contributed by atoms with van der Waals surface area (Å²) in [5.74, 6) is 0.647. The molecule has 1 rings (SSSR count). The summed E-state index contributed by atoms with van der Waals surface area (Å²) in [6, 6.07) is 0. The third-order valence-electron chi connectivity index (χ3n) is 3.83. The van der Waals surface area contributed by atoms with Crippen molar-refractivity contribution in [3.63, 3.8) is 0 Å². The first-order chi connectivity index (χ1) is 8.41. The van der Waals surface area contributed by atoms with Gasteiger partial charge < -0.3 is 10.1 Å². The van der Waals surface area contributed by atoms with Crippen molar-refractivity contribution in [3.05, 3.63) is 0 Å². The Bertz CT molecular complexity index is 235. The molecule has 0 unspecified atom stereocenters. The van der Waals surface area contributed by atoms with Crippen LogP contribution in [0.15, 0.2) is 0 Å². The van der Waals surface area contributed by atoms with Gasteiger partial charge in [-0.05, 0) is 38.1 Å². The molecule has 0 saturated heterocycles. The SMILES string of the molecule is CCNCC1(OCC(F)(F)F)CCC(CC)CC1. The number of alkyl halides is 3. The van der Waals surface area contributed by atoms with Gasteiger partial charge in [0.05, 0.1) is 5.60 Å². The summed E-state index contributed by atoms with van der Waals surface area (Å²) in [5.41, 5.74) is -0.614. The number of hydrogen-bond donors (Lipinski definition) is 1. The highest BCUT2D eigenvalue weighted by molar-refractivity contribution is 4.89. The van der Waals surface area contributed by atoms with Crippen LogP contribution in [0, 0.1) is 5.92 Å². The van der Waals surface area contributed by atoms with E-state index in [9.17, 15) is 13.2 Å². The van der Waals surface area contributed by atoms with Gasteiger partial charge in [-0.15, -0.1) is 0 Å². The van der Waals surface area contributed by atoms with Crippen LogP contribution in [0.25, 0.3) is 0 Å². The van der Waals surface area contributed by atoms with Gasteiger partial charge >= 0.3 is 6.18 Å². The summed E-state index contributed by atoms with van der Waals surface area (Å²) >= 11 is 0. The highest BCUT2D eigenvalue weighted by Gasteiger charge is 2.39. The highest BCUT2D eigenvalue weighted by atomic mass is 19.4. The van der Waals surface area contributed by atoms with Crippen LogP contribution in [0.2, 0.25) is 0 Å². The van der Waals surface area contributed by atoms with Crippen LogP contribution in [0.5, 0.6) is 0 Å². The molecule has 0 aromatic carbocycles. The topological polar surface area (TPSA) is 21.3 Å². The maximum absolute atomic E-state index is 12.3. The molecule has 1 aliphatic rings. The fraction of sp³-hybridized carbons (Fsp3) is 1.00. The van der Waals surface area contributed by atoms with Crippen molar-refractivity contribution in [2.75, 3.05) is 19.7 Å². The van der Waals surface area contributed by atoms with Crippen molar-refractivity contribution >= 4 is 0 Å². The Hall–Kier alpha value is -0.290. The van der Waals surface area contributed by atoms with Gasteiger partial charge in [-0.2, -0.15) is 13.2 Å². The van der Waals surface area contributed by atoms with Crippen LogP contribution in [0.3, 0.4) is 0 Å². The maximum atomic E-state index is 12.3. The summed E-state index contributed by atoms with van der Waals surface area (Å²) in [4.78, 5) is 0. The van der Waals surface area contributed by atoms with Crippen LogP contribution < -0.4 is 5.32 Å². The Balaban J connectivity index is 2.54. The predicted molar refractivity (Wildman–Crippen MR) is 65.5 cm³/mol. The smallest absolute Gasteiger partial charge is 0.364 e. The van der Waals surface area contributed by atoms with Crippen molar-refractivity contribution in [1.29, 1.82) is 0 Å². The molecule has 1 saturated carbocycles. The van der Waals surface area contributed by atoms with E-state index in [0.717, 1.165) is 38.6 Å². The molecule has 1 N–H and O–H groups in total. The monoisotopic (exact) mass is 267 g/mol. The first kappa shape index (κ1) is 15.8. The van der Waals surface area contributed by atoms with E-state index < -0.39 is 18.4 Å². The Morgan fingerprint density at radius 3 is 2.28 bits per heavy atom. The molecule has 0 radical (unpaired) electrons. The standard InChI is InChI=1S/C13H24F3NO/c1-3-11-5-7-12(8-6-11,9-17-4-2)18-10-13(14,15)16/h11,17H,3-10H2,1-2H3. The van der Waals surface area contributed by atoms with Gasteiger partial charge in [0.15, 0.2) is 0 Å². The van der Waals surface area contributed by atoms with Crippen LogP contribution in [0.1, 0.15) is 46.0 Å². The minimum absolute atomic E-state index is 0.524. The molecule has 0 atom stereocenters. The normalized spacial score (nSPS) is 29.5. The number of hydrogen-bond acceptors (Lipinski definition) is 2. The molecule has 18 heavy (non-hydrogen) atoms. The van der Waals surface area contributed by atoms with E-state index in [1.807, 2.05) is 6.92 Å². The second kappa shape index (κ2) is 6.75. The third-order valence-corrected chi connectivity index (χ3v) is 3.83. The zero-order valence-corrected chi connectivity index (χ0v) is 11.3. The lowest BCUT2D eigenvalue weighted by Gasteiger charge is -2.40. The van der Waals surface area contributed by atoms with Gasteiger partial charge in [0.1, 0.15) is 6.61 Å². The molecule has 0 heterocycles. The molecule has 108 valence electrons. The van der Waals surface area contributed by atoms with E-state index in [1.165, 1.54) is 0 Å². The number of halogens is 3. The Kier molecular flexibility index (Phi) is 5.92. The van der Waals surface area contributed by atoms with E-state index in [-0.39, 0.29) is 0 Å². The molecule has 2 nitrogen and oxygen atoms in total. The largest absolute Gasteiger partial charge is 0.411 e. The molecule has 0 bridgehead atoms.